The second-order valence-corrected chi connectivity index (χ2v) is 3.76. The highest BCUT2D eigenvalue weighted by Crippen LogP contribution is 2.18. The monoisotopic (exact) mass is 238 g/mol. The van der Waals surface area contributed by atoms with Crippen molar-refractivity contribution in [3.8, 4) is 0 Å². The van der Waals surface area contributed by atoms with Crippen molar-refractivity contribution in [2.24, 2.45) is 0 Å². The Hall–Kier alpha value is -2.18. The predicted octanol–water partition coefficient (Wildman–Crippen LogP) is 0.993. The van der Waals surface area contributed by atoms with Crippen LogP contribution in [-0.4, -0.2) is 34.6 Å². The Morgan fingerprint density at radius 2 is 2.24 bits per heavy atom. The Labute approximate surface area is 96.1 Å². The highest BCUT2D eigenvalue weighted by Gasteiger charge is 2.26. The maximum atomic E-state index is 11.8. The van der Waals surface area contributed by atoms with Crippen LogP contribution in [0.25, 0.3) is 0 Å². The Morgan fingerprint density at radius 3 is 2.82 bits per heavy atom. The summed E-state index contributed by atoms with van der Waals surface area (Å²) < 4.78 is 4.79. The van der Waals surface area contributed by atoms with Crippen LogP contribution in [0.15, 0.2) is 16.5 Å². The average Bonchev–Trinajstić information content (AvgIpc) is 2.77. The Balaban J connectivity index is 2.13. The predicted molar refractivity (Wildman–Crippen MR) is 55.5 cm³/mol. The SMILES string of the molecule is O=C1CCCN(C(=O)c2ccc([N+](=O)[O-])o2)C1. The molecule has 1 amide bonds. The van der Waals surface area contributed by atoms with E-state index in [-0.39, 0.29) is 18.1 Å². The van der Waals surface area contributed by atoms with E-state index in [0.29, 0.717) is 19.4 Å². The van der Waals surface area contributed by atoms with Crippen LogP contribution in [0.5, 0.6) is 0 Å². The van der Waals surface area contributed by atoms with E-state index >= 15 is 0 Å². The van der Waals surface area contributed by atoms with E-state index < -0.39 is 16.7 Å². The molecule has 0 bridgehead atoms. The van der Waals surface area contributed by atoms with Gasteiger partial charge in [0, 0.05) is 13.0 Å². The summed E-state index contributed by atoms with van der Waals surface area (Å²) in [6.07, 6.45) is 1.09. The molecule has 1 aliphatic heterocycles. The summed E-state index contributed by atoms with van der Waals surface area (Å²) in [6, 6.07) is 2.37. The molecule has 7 heteroatoms. The zero-order chi connectivity index (χ0) is 12.4. The smallest absolute Gasteiger partial charge is 0.395 e. The maximum absolute atomic E-state index is 11.8. The van der Waals surface area contributed by atoms with Crippen molar-refractivity contribution in [1.82, 2.24) is 4.90 Å². The molecule has 90 valence electrons. The van der Waals surface area contributed by atoms with E-state index in [1.807, 2.05) is 0 Å². The van der Waals surface area contributed by atoms with Crippen molar-refractivity contribution in [3.05, 3.63) is 28.0 Å². The first-order valence-electron chi connectivity index (χ1n) is 5.13. The van der Waals surface area contributed by atoms with E-state index in [4.69, 9.17) is 4.42 Å². The molecule has 0 spiro atoms. The molecule has 2 rings (SSSR count). The van der Waals surface area contributed by atoms with Gasteiger partial charge in [-0.25, -0.2) is 0 Å². The largest absolute Gasteiger partial charge is 0.433 e. The normalized spacial score (nSPS) is 16.0. The number of likely N-dealkylation sites (tertiary alicyclic amines) is 1. The zero-order valence-corrected chi connectivity index (χ0v) is 8.92. The van der Waals surface area contributed by atoms with Crippen LogP contribution in [0.1, 0.15) is 23.4 Å². The van der Waals surface area contributed by atoms with Gasteiger partial charge in [0.1, 0.15) is 4.92 Å². The van der Waals surface area contributed by atoms with Crippen molar-refractivity contribution in [2.45, 2.75) is 12.8 Å². The molecule has 0 saturated carbocycles. The summed E-state index contributed by atoms with van der Waals surface area (Å²) >= 11 is 0. The molecular formula is C10H10N2O5. The van der Waals surface area contributed by atoms with Gasteiger partial charge in [0.05, 0.1) is 12.6 Å². The average molecular weight is 238 g/mol. The summed E-state index contributed by atoms with van der Waals surface area (Å²) in [5.74, 6) is -1.07. The highest BCUT2D eigenvalue weighted by atomic mass is 16.6. The van der Waals surface area contributed by atoms with E-state index in [1.54, 1.807) is 0 Å². The molecule has 0 aromatic carbocycles. The minimum absolute atomic E-state index is 0.00865. The van der Waals surface area contributed by atoms with Crippen LogP contribution < -0.4 is 0 Å². The standard InChI is InChI=1S/C10H10N2O5/c13-7-2-1-5-11(6-7)10(14)8-3-4-9(17-8)12(15)16/h3-4H,1-2,5-6H2. The van der Waals surface area contributed by atoms with Gasteiger partial charge in [-0.2, -0.15) is 0 Å². The number of nitro groups is 1. The molecule has 17 heavy (non-hydrogen) atoms. The second kappa shape index (κ2) is 4.36. The van der Waals surface area contributed by atoms with E-state index in [9.17, 15) is 19.7 Å². The first kappa shape index (κ1) is 11.3. The number of hydrogen-bond acceptors (Lipinski definition) is 5. The van der Waals surface area contributed by atoms with Crippen molar-refractivity contribution in [2.75, 3.05) is 13.1 Å². The maximum Gasteiger partial charge on any atom is 0.433 e. The van der Waals surface area contributed by atoms with E-state index in [0.717, 1.165) is 6.07 Å². The number of hydrogen-bond donors (Lipinski definition) is 0. The molecule has 0 N–H and O–H groups in total. The summed E-state index contributed by atoms with van der Waals surface area (Å²) in [5, 5.41) is 10.4. The minimum atomic E-state index is -0.710. The fourth-order valence-corrected chi connectivity index (χ4v) is 1.71. The van der Waals surface area contributed by atoms with Gasteiger partial charge in [-0.15, -0.1) is 0 Å². The van der Waals surface area contributed by atoms with Crippen molar-refractivity contribution in [1.29, 1.82) is 0 Å². The molecule has 7 nitrogen and oxygen atoms in total. The van der Waals surface area contributed by atoms with Crippen LogP contribution in [0.3, 0.4) is 0 Å². The Kier molecular flexibility index (Phi) is 2.90. The Morgan fingerprint density at radius 1 is 1.47 bits per heavy atom. The lowest BCUT2D eigenvalue weighted by Crippen LogP contribution is -2.39. The summed E-state index contributed by atoms with van der Waals surface area (Å²) in [4.78, 5) is 34.1. The summed E-state index contributed by atoms with van der Waals surface area (Å²) in [7, 11) is 0. The van der Waals surface area contributed by atoms with Gasteiger partial charge in [0.25, 0.3) is 5.91 Å². The molecule has 0 unspecified atom stereocenters. The number of amides is 1. The third kappa shape index (κ3) is 2.32. The number of carbonyl (C=O) groups is 2. The third-order valence-corrected chi connectivity index (χ3v) is 2.52. The molecule has 0 radical (unpaired) electrons. The van der Waals surface area contributed by atoms with Gasteiger partial charge in [-0.3, -0.25) is 19.7 Å². The van der Waals surface area contributed by atoms with Crippen molar-refractivity contribution < 1.29 is 18.9 Å². The molecule has 0 atom stereocenters. The summed E-state index contributed by atoms with van der Waals surface area (Å²) in [6.45, 7) is 0.520. The number of furan rings is 1. The molecule has 0 aliphatic carbocycles. The van der Waals surface area contributed by atoms with Crippen molar-refractivity contribution >= 4 is 17.6 Å². The molecule has 2 heterocycles. The zero-order valence-electron chi connectivity index (χ0n) is 8.92. The molecule has 1 aliphatic rings. The number of piperidine rings is 1. The lowest BCUT2D eigenvalue weighted by atomic mass is 10.1. The van der Waals surface area contributed by atoms with Gasteiger partial charge in [-0.1, -0.05) is 0 Å². The first-order chi connectivity index (χ1) is 8.08. The number of rotatable bonds is 2. The van der Waals surface area contributed by atoms with Gasteiger partial charge >= 0.3 is 5.88 Å². The second-order valence-electron chi connectivity index (χ2n) is 3.76. The van der Waals surface area contributed by atoms with Gasteiger partial charge in [0.2, 0.25) is 0 Å². The lowest BCUT2D eigenvalue weighted by molar-refractivity contribution is -0.402. The van der Waals surface area contributed by atoms with Crippen LogP contribution in [0.2, 0.25) is 0 Å². The molecule has 1 aromatic rings. The first-order valence-corrected chi connectivity index (χ1v) is 5.13. The molecule has 1 aromatic heterocycles. The third-order valence-electron chi connectivity index (χ3n) is 2.52. The van der Waals surface area contributed by atoms with Crippen LogP contribution in [0.4, 0.5) is 5.88 Å². The van der Waals surface area contributed by atoms with Gasteiger partial charge < -0.3 is 9.32 Å². The Bertz CT molecular complexity index is 479. The number of carbonyl (C=O) groups excluding carboxylic acids is 2. The topological polar surface area (TPSA) is 93.7 Å². The fourth-order valence-electron chi connectivity index (χ4n) is 1.71. The van der Waals surface area contributed by atoms with Crippen LogP contribution >= 0.6 is 0 Å². The number of ketones is 1. The summed E-state index contributed by atoms with van der Waals surface area (Å²) in [5.41, 5.74) is 0. The van der Waals surface area contributed by atoms with Gasteiger partial charge in [0.15, 0.2) is 11.5 Å². The van der Waals surface area contributed by atoms with Gasteiger partial charge in [-0.05, 0) is 12.5 Å². The molecule has 1 saturated heterocycles. The number of nitrogens with zero attached hydrogens (tertiary/aromatic N) is 2. The van der Waals surface area contributed by atoms with E-state index in [2.05, 4.69) is 0 Å². The highest BCUT2D eigenvalue weighted by molar-refractivity contribution is 5.95. The van der Waals surface area contributed by atoms with E-state index in [1.165, 1.54) is 11.0 Å². The fraction of sp³-hybridized carbons (Fsp3) is 0.400. The molecular weight excluding hydrogens is 228 g/mol. The van der Waals surface area contributed by atoms with Crippen LogP contribution in [-0.2, 0) is 4.79 Å². The molecule has 1 fully saturated rings. The lowest BCUT2D eigenvalue weighted by Gasteiger charge is -2.24. The van der Waals surface area contributed by atoms with Crippen molar-refractivity contribution in [3.63, 3.8) is 0 Å². The minimum Gasteiger partial charge on any atom is -0.395 e. The van der Waals surface area contributed by atoms with Crippen LogP contribution in [0, 0.1) is 10.1 Å². The quantitative estimate of drug-likeness (QED) is 0.565. The number of Topliss-reactive ketones (excluding diaryl/α,β-unsaturated/α-hetero) is 1.